The van der Waals surface area contributed by atoms with Crippen LogP contribution in [0.25, 0.3) is 38.8 Å². The largest absolute Gasteiger partial charge is 0.296 e. The van der Waals surface area contributed by atoms with Gasteiger partial charge in [0.05, 0.1) is 11.4 Å². The van der Waals surface area contributed by atoms with Gasteiger partial charge in [0, 0.05) is 16.6 Å². The van der Waals surface area contributed by atoms with Crippen molar-refractivity contribution in [2.75, 3.05) is 0 Å². The first-order valence-electron chi connectivity index (χ1n) is 9.27. The maximum atomic E-state index is 4.92. The molecular formula is C25H20N2. The van der Waals surface area contributed by atoms with E-state index in [1.165, 1.54) is 38.9 Å². The van der Waals surface area contributed by atoms with Crippen LogP contribution in [-0.2, 0) is 0 Å². The van der Waals surface area contributed by atoms with Crippen LogP contribution >= 0.6 is 0 Å². The standard InChI is InChI=1S/C25H20N2/c1-17-18(2)27-24(20-13-7-4-8-14-20)23(19-11-5-3-6-12-19)21-15-9-10-16-22(21)25(27)26-17/h3-16H,1-2H3. The predicted octanol–water partition coefficient (Wildman–Crippen LogP) is 6.44. The Balaban J connectivity index is 2.09. The lowest BCUT2D eigenvalue weighted by Gasteiger charge is -2.18. The molecule has 0 amide bonds. The number of rotatable bonds is 2. The fourth-order valence-electron chi connectivity index (χ4n) is 3.97. The van der Waals surface area contributed by atoms with Gasteiger partial charge in [0.15, 0.2) is 0 Å². The zero-order chi connectivity index (χ0) is 18.4. The molecule has 2 nitrogen and oxygen atoms in total. The number of hydrogen-bond acceptors (Lipinski definition) is 1. The third kappa shape index (κ3) is 2.37. The van der Waals surface area contributed by atoms with E-state index in [1.807, 2.05) is 0 Å². The lowest BCUT2D eigenvalue weighted by molar-refractivity contribution is 1.11. The molecule has 0 radical (unpaired) electrons. The Bertz CT molecular complexity index is 1270. The van der Waals surface area contributed by atoms with E-state index in [0.717, 1.165) is 11.3 Å². The van der Waals surface area contributed by atoms with Crippen molar-refractivity contribution in [3.63, 3.8) is 0 Å². The molecule has 0 aliphatic carbocycles. The predicted molar refractivity (Wildman–Crippen MR) is 113 cm³/mol. The Morgan fingerprint density at radius 3 is 1.85 bits per heavy atom. The molecule has 2 heterocycles. The van der Waals surface area contributed by atoms with Crippen LogP contribution in [0.4, 0.5) is 0 Å². The van der Waals surface area contributed by atoms with E-state index < -0.39 is 0 Å². The van der Waals surface area contributed by atoms with Crippen LogP contribution in [0.1, 0.15) is 11.4 Å². The number of hydrogen-bond donors (Lipinski definition) is 0. The number of imidazole rings is 1. The summed E-state index contributed by atoms with van der Waals surface area (Å²) in [5.74, 6) is 0. The van der Waals surface area contributed by atoms with E-state index in [-0.39, 0.29) is 0 Å². The van der Waals surface area contributed by atoms with Gasteiger partial charge >= 0.3 is 0 Å². The van der Waals surface area contributed by atoms with E-state index >= 15 is 0 Å². The molecule has 0 N–H and O–H groups in total. The summed E-state index contributed by atoms with van der Waals surface area (Å²) in [4.78, 5) is 4.92. The van der Waals surface area contributed by atoms with Gasteiger partial charge in [-0.2, -0.15) is 0 Å². The third-order valence-electron chi connectivity index (χ3n) is 5.35. The van der Waals surface area contributed by atoms with E-state index in [0.29, 0.717) is 0 Å². The first-order valence-corrected chi connectivity index (χ1v) is 9.27. The Morgan fingerprint density at radius 1 is 0.630 bits per heavy atom. The number of aryl methyl sites for hydroxylation is 2. The normalized spacial score (nSPS) is 11.3. The second kappa shape index (κ2) is 6.10. The summed E-state index contributed by atoms with van der Waals surface area (Å²) in [6.45, 7) is 4.25. The molecule has 2 heteroatoms. The molecule has 0 atom stereocenters. The van der Waals surface area contributed by atoms with Crippen molar-refractivity contribution < 1.29 is 0 Å². The number of nitrogens with zero attached hydrogens (tertiary/aromatic N) is 2. The average molecular weight is 348 g/mol. The highest BCUT2D eigenvalue weighted by Crippen LogP contribution is 2.40. The first-order chi connectivity index (χ1) is 13.3. The lowest BCUT2D eigenvalue weighted by atomic mass is 9.93. The molecule has 0 aliphatic heterocycles. The minimum Gasteiger partial charge on any atom is -0.296 e. The Kier molecular flexibility index (Phi) is 3.58. The van der Waals surface area contributed by atoms with Gasteiger partial charge in [-0.25, -0.2) is 4.98 Å². The van der Waals surface area contributed by atoms with Crippen LogP contribution in [0.5, 0.6) is 0 Å². The van der Waals surface area contributed by atoms with Crippen molar-refractivity contribution in [1.82, 2.24) is 9.38 Å². The molecule has 2 aromatic heterocycles. The van der Waals surface area contributed by atoms with Crippen molar-refractivity contribution in [2.24, 2.45) is 0 Å². The van der Waals surface area contributed by atoms with Gasteiger partial charge in [-0.05, 0) is 30.4 Å². The molecule has 0 aliphatic rings. The highest BCUT2D eigenvalue weighted by atomic mass is 15.0. The Hall–Kier alpha value is -3.39. The quantitative estimate of drug-likeness (QED) is 0.359. The Labute approximate surface area is 158 Å². The molecule has 5 aromatic rings. The van der Waals surface area contributed by atoms with Gasteiger partial charge in [-0.15, -0.1) is 0 Å². The van der Waals surface area contributed by atoms with E-state index in [4.69, 9.17) is 4.98 Å². The fourth-order valence-corrected chi connectivity index (χ4v) is 3.97. The summed E-state index contributed by atoms with van der Waals surface area (Å²) in [5, 5.41) is 2.42. The highest BCUT2D eigenvalue weighted by molar-refractivity contribution is 6.08. The summed E-state index contributed by atoms with van der Waals surface area (Å²) in [6, 6.07) is 29.9. The molecule has 27 heavy (non-hydrogen) atoms. The molecule has 5 rings (SSSR count). The summed E-state index contributed by atoms with van der Waals surface area (Å²) in [7, 11) is 0. The lowest BCUT2D eigenvalue weighted by Crippen LogP contribution is -2.00. The van der Waals surface area contributed by atoms with E-state index in [1.54, 1.807) is 0 Å². The third-order valence-corrected chi connectivity index (χ3v) is 5.35. The molecule has 0 bridgehead atoms. The number of benzene rings is 3. The zero-order valence-electron chi connectivity index (χ0n) is 15.5. The van der Waals surface area contributed by atoms with Crippen molar-refractivity contribution in [1.29, 1.82) is 0 Å². The molecule has 0 saturated carbocycles. The maximum Gasteiger partial charge on any atom is 0.145 e. The van der Waals surface area contributed by atoms with Crippen molar-refractivity contribution >= 4 is 16.4 Å². The number of fused-ring (bicyclic) bond motifs is 3. The van der Waals surface area contributed by atoms with Gasteiger partial charge in [0.25, 0.3) is 0 Å². The summed E-state index contributed by atoms with van der Waals surface area (Å²) >= 11 is 0. The molecule has 0 spiro atoms. The SMILES string of the molecule is Cc1nc2c3ccccc3c(-c3ccccc3)c(-c3ccccc3)n2c1C. The van der Waals surface area contributed by atoms with Crippen molar-refractivity contribution in [2.45, 2.75) is 13.8 Å². The average Bonchev–Trinajstić information content (AvgIpc) is 3.03. The van der Waals surface area contributed by atoms with Gasteiger partial charge in [-0.3, -0.25) is 4.40 Å². The van der Waals surface area contributed by atoms with E-state index in [2.05, 4.69) is 103 Å². The minimum absolute atomic E-state index is 1.03. The first kappa shape index (κ1) is 15.8. The van der Waals surface area contributed by atoms with E-state index in [9.17, 15) is 0 Å². The van der Waals surface area contributed by atoms with Crippen molar-refractivity contribution in [3.05, 3.63) is 96.3 Å². The Morgan fingerprint density at radius 2 is 1.19 bits per heavy atom. The van der Waals surface area contributed by atoms with Gasteiger partial charge in [0.1, 0.15) is 5.65 Å². The minimum atomic E-state index is 1.03. The summed E-state index contributed by atoms with van der Waals surface area (Å²) in [5.41, 5.74) is 8.17. The monoisotopic (exact) mass is 348 g/mol. The summed E-state index contributed by atoms with van der Waals surface area (Å²) < 4.78 is 2.33. The highest BCUT2D eigenvalue weighted by Gasteiger charge is 2.20. The number of pyridine rings is 1. The second-order valence-corrected chi connectivity index (χ2v) is 6.94. The fraction of sp³-hybridized carbons (Fsp3) is 0.0800. The van der Waals surface area contributed by atoms with Crippen LogP contribution < -0.4 is 0 Å². The molecule has 3 aromatic carbocycles. The van der Waals surface area contributed by atoms with Crippen LogP contribution in [0.2, 0.25) is 0 Å². The molecule has 0 saturated heterocycles. The van der Waals surface area contributed by atoms with Gasteiger partial charge in [0.2, 0.25) is 0 Å². The van der Waals surface area contributed by atoms with Crippen LogP contribution in [0.3, 0.4) is 0 Å². The molecule has 0 unspecified atom stereocenters. The van der Waals surface area contributed by atoms with Crippen LogP contribution in [0.15, 0.2) is 84.9 Å². The molecule has 130 valence electrons. The molecular weight excluding hydrogens is 328 g/mol. The van der Waals surface area contributed by atoms with Crippen LogP contribution in [0, 0.1) is 13.8 Å². The van der Waals surface area contributed by atoms with Crippen LogP contribution in [-0.4, -0.2) is 9.38 Å². The van der Waals surface area contributed by atoms with Gasteiger partial charge < -0.3 is 0 Å². The topological polar surface area (TPSA) is 17.3 Å². The van der Waals surface area contributed by atoms with Crippen molar-refractivity contribution in [3.8, 4) is 22.4 Å². The smallest absolute Gasteiger partial charge is 0.145 e. The summed E-state index contributed by atoms with van der Waals surface area (Å²) in [6.07, 6.45) is 0. The maximum absolute atomic E-state index is 4.92. The molecule has 0 fully saturated rings. The number of aromatic nitrogens is 2. The van der Waals surface area contributed by atoms with Gasteiger partial charge in [-0.1, -0.05) is 84.9 Å². The second-order valence-electron chi connectivity index (χ2n) is 6.94. The zero-order valence-corrected chi connectivity index (χ0v) is 15.5.